The molecule has 0 spiro atoms. The Morgan fingerprint density at radius 3 is 2.35 bits per heavy atom. The van der Waals surface area contributed by atoms with Crippen LogP contribution in [-0.4, -0.2) is 27.4 Å². The molecule has 1 N–H and O–H groups in total. The highest BCUT2D eigenvalue weighted by atomic mass is 19.4. The standard InChI is InChI=1S/C12H7F3N2O3/c13-12(14,15)20-8-3-1-7(2-4-8)9-5-6-16-10(17-9)11(18)19/h1-6H,(H,18,19). The van der Waals surface area contributed by atoms with Crippen molar-refractivity contribution in [1.82, 2.24) is 9.97 Å². The Bertz CT molecular complexity index is 627. The van der Waals surface area contributed by atoms with Gasteiger partial charge in [-0.1, -0.05) is 0 Å². The fourth-order valence-corrected chi connectivity index (χ4v) is 1.45. The highest BCUT2D eigenvalue weighted by Crippen LogP contribution is 2.25. The van der Waals surface area contributed by atoms with Crippen molar-refractivity contribution in [2.75, 3.05) is 0 Å². The first kappa shape index (κ1) is 13.8. The van der Waals surface area contributed by atoms with Crippen LogP contribution in [0.5, 0.6) is 5.75 Å². The number of halogens is 3. The third kappa shape index (κ3) is 3.44. The van der Waals surface area contributed by atoms with Crippen LogP contribution in [0, 0.1) is 0 Å². The molecule has 2 rings (SSSR count). The molecule has 0 fully saturated rings. The molecule has 0 aliphatic carbocycles. The number of hydrogen-bond acceptors (Lipinski definition) is 4. The summed E-state index contributed by atoms with van der Waals surface area (Å²) >= 11 is 0. The van der Waals surface area contributed by atoms with Crippen molar-refractivity contribution in [3.63, 3.8) is 0 Å². The van der Waals surface area contributed by atoms with Crippen LogP contribution in [0.4, 0.5) is 13.2 Å². The lowest BCUT2D eigenvalue weighted by atomic mass is 10.1. The van der Waals surface area contributed by atoms with Gasteiger partial charge >= 0.3 is 12.3 Å². The summed E-state index contributed by atoms with van der Waals surface area (Å²) in [5.74, 6) is -2.05. The Morgan fingerprint density at radius 1 is 1.15 bits per heavy atom. The lowest BCUT2D eigenvalue weighted by Gasteiger charge is -2.09. The quantitative estimate of drug-likeness (QED) is 0.938. The maximum absolute atomic E-state index is 12.0. The van der Waals surface area contributed by atoms with Crippen molar-refractivity contribution < 1.29 is 27.8 Å². The Kier molecular flexibility index (Phi) is 3.55. The molecule has 0 saturated carbocycles. The fraction of sp³-hybridized carbons (Fsp3) is 0.0833. The number of aromatic nitrogens is 2. The van der Waals surface area contributed by atoms with Gasteiger partial charge in [0.2, 0.25) is 5.82 Å². The van der Waals surface area contributed by atoms with E-state index in [1.54, 1.807) is 0 Å². The molecule has 0 saturated heterocycles. The van der Waals surface area contributed by atoms with Crippen molar-refractivity contribution in [1.29, 1.82) is 0 Å². The Labute approximate surface area is 110 Å². The van der Waals surface area contributed by atoms with Gasteiger partial charge in [-0.3, -0.25) is 0 Å². The number of ether oxygens (including phenoxy) is 1. The zero-order valence-corrected chi connectivity index (χ0v) is 9.76. The van der Waals surface area contributed by atoms with Gasteiger partial charge in [-0.25, -0.2) is 14.8 Å². The van der Waals surface area contributed by atoms with E-state index < -0.39 is 18.2 Å². The van der Waals surface area contributed by atoms with Gasteiger partial charge in [-0.2, -0.15) is 0 Å². The van der Waals surface area contributed by atoms with Gasteiger partial charge in [-0.15, -0.1) is 13.2 Å². The normalized spacial score (nSPS) is 11.2. The predicted molar refractivity (Wildman–Crippen MR) is 61.1 cm³/mol. The summed E-state index contributed by atoms with van der Waals surface area (Å²) in [6, 6.07) is 6.37. The van der Waals surface area contributed by atoms with Gasteiger partial charge in [0.15, 0.2) is 0 Å². The monoisotopic (exact) mass is 284 g/mol. The predicted octanol–water partition coefficient (Wildman–Crippen LogP) is 2.74. The topological polar surface area (TPSA) is 72.3 Å². The van der Waals surface area contributed by atoms with Crippen LogP contribution in [0.25, 0.3) is 11.3 Å². The molecule has 5 nitrogen and oxygen atoms in total. The highest BCUT2D eigenvalue weighted by Gasteiger charge is 2.30. The maximum Gasteiger partial charge on any atom is 0.573 e. The van der Waals surface area contributed by atoms with Crippen LogP contribution in [0.15, 0.2) is 36.5 Å². The number of aromatic carboxylic acids is 1. The van der Waals surface area contributed by atoms with E-state index in [1.807, 2.05) is 0 Å². The molecule has 0 unspecified atom stereocenters. The minimum absolute atomic E-state index is 0.288. The van der Waals surface area contributed by atoms with Gasteiger partial charge < -0.3 is 9.84 Å². The zero-order chi connectivity index (χ0) is 14.8. The largest absolute Gasteiger partial charge is 0.573 e. The van der Waals surface area contributed by atoms with Gasteiger partial charge in [0.05, 0.1) is 5.69 Å². The second kappa shape index (κ2) is 5.16. The molecule has 0 aliphatic rings. The van der Waals surface area contributed by atoms with E-state index in [0.29, 0.717) is 5.56 Å². The number of hydrogen-bond donors (Lipinski definition) is 1. The summed E-state index contributed by atoms with van der Waals surface area (Å²) in [6.45, 7) is 0. The second-order valence-electron chi connectivity index (χ2n) is 3.64. The molecule has 8 heteroatoms. The van der Waals surface area contributed by atoms with Crippen LogP contribution >= 0.6 is 0 Å². The number of carbonyl (C=O) groups is 1. The third-order valence-corrected chi connectivity index (χ3v) is 2.23. The van der Waals surface area contributed by atoms with Crippen LogP contribution in [-0.2, 0) is 0 Å². The second-order valence-corrected chi connectivity index (χ2v) is 3.64. The molecule has 0 bridgehead atoms. The lowest BCUT2D eigenvalue weighted by molar-refractivity contribution is -0.274. The molecule has 0 amide bonds. The fourth-order valence-electron chi connectivity index (χ4n) is 1.45. The molecule has 0 aliphatic heterocycles. The van der Waals surface area contributed by atoms with E-state index in [2.05, 4.69) is 14.7 Å². The molecule has 2 aromatic rings. The van der Waals surface area contributed by atoms with Gasteiger partial charge in [-0.05, 0) is 30.3 Å². The maximum atomic E-state index is 12.0. The van der Waals surface area contributed by atoms with Crippen LogP contribution in [0.1, 0.15) is 10.6 Å². The van der Waals surface area contributed by atoms with E-state index >= 15 is 0 Å². The van der Waals surface area contributed by atoms with Gasteiger partial charge in [0.1, 0.15) is 5.75 Å². The van der Waals surface area contributed by atoms with E-state index in [-0.39, 0.29) is 11.4 Å². The zero-order valence-electron chi connectivity index (χ0n) is 9.76. The molecule has 1 heterocycles. The summed E-state index contributed by atoms with van der Waals surface area (Å²) in [4.78, 5) is 18.0. The number of carboxylic acids is 1. The molecule has 0 radical (unpaired) electrons. The SMILES string of the molecule is O=C(O)c1nccc(-c2ccc(OC(F)(F)F)cc2)n1. The molecular weight excluding hydrogens is 277 g/mol. The highest BCUT2D eigenvalue weighted by molar-refractivity contribution is 5.83. The Hall–Kier alpha value is -2.64. The minimum atomic E-state index is -4.76. The average Bonchev–Trinajstić information content (AvgIpc) is 2.38. The number of carboxylic acid groups (broad SMARTS) is 1. The van der Waals surface area contributed by atoms with E-state index in [9.17, 15) is 18.0 Å². The lowest BCUT2D eigenvalue weighted by Crippen LogP contribution is -2.16. The first-order valence-electron chi connectivity index (χ1n) is 5.28. The van der Waals surface area contributed by atoms with Crippen LogP contribution < -0.4 is 4.74 Å². The molecule has 104 valence electrons. The first-order valence-corrected chi connectivity index (χ1v) is 5.28. The smallest absolute Gasteiger partial charge is 0.475 e. The van der Waals surface area contributed by atoms with Crippen LogP contribution in [0.2, 0.25) is 0 Å². The van der Waals surface area contributed by atoms with E-state index in [1.165, 1.54) is 24.4 Å². The summed E-state index contributed by atoms with van der Waals surface area (Å²) < 4.78 is 39.7. The first-order chi connectivity index (χ1) is 9.35. The Morgan fingerprint density at radius 2 is 1.80 bits per heavy atom. The summed E-state index contributed by atoms with van der Waals surface area (Å²) in [5.41, 5.74) is 0.736. The van der Waals surface area contributed by atoms with Crippen LogP contribution in [0.3, 0.4) is 0 Å². The van der Waals surface area contributed by atoms with Crippen molar-refractivity contribution >= 4 is 5.97 Å². The van der Waals surface area contributed by atoms with Crippen molar-refractivity contribution in [3.8, 4) is 17.0 Å². The molecular formula is C12H7F3N2O3. The summed E-state index contributed by atoms with van der Waals surface area (Å²) in [7, 11) is 0. The number of nitrogens with zero attached hydrogens (tertiary/aromatic N) is 2. The molecule has 0 atom stereocenters. The minimum Gasteiger partial charge on any atom is -0.475 e. The van der Waals surface area contributed by atoms with E-state index in [4.69, 9.17) is 5.11 Å². The summed E-state index contributed by atoms with van der Waals surface area (Å²) in [6.07, 6.45) is -3.50. The molecule has 1 aromatic heterocycles. The number of rotatable bonds is 3. The average molecular weight is 284 g/mol. The molecule has 1 aromatic carbocycles. The number of benzene rings is 1. The third-order valence-electron chi connectivity index (χ3n) is 2.23. The van der Waals surface area contributed by atoms with Crippen molar-refractivity contribution in [2.24, 2.45) is 0 Å². The molecule has 20 heavy (non-hydrogen) atoms. The van der Waals surface area contributed by atoms with Gasteiger partial charge in [0.25, 0.3) is 0 Å². The van der Waals surface area contributed by atoms with E-state index in [0.717, 1.165) is 12.1 Å². The van der Waals surface area contributed by atoms with Gasteiger partial charge in [0, 0.05) is 11.8 Å². The Balaban J connectivity index is 2.26. The number of alkyl halides is 3. The van der Waals surface area contributed by atoms with Crippen molar-refractivity contribution in [3.05, 3.63) is 42.4 Å². The summed E-state index contributed by atoms with van der Waals surface area (Å²) in [5, 5.41) is 8.76. The van der Waals surface area contributed by atoms with Crippen molar-refractivity contribution in [2.45, 2.75) is 6.36 Å².